The van der Waals surface area contributed by atoms with Crippen LogP contribution in [0.2, 0.25) is 0 Å². The van der Waals surface area contributed by atoms with Crippen LogP contribution in [-0.4, -0.2) is 50.9 Å². The summed E-state index contributed by atoms with van der Waals surface area (Å²) in [6.07, 6.45) is 5.25. The molecule has 7 nitrogen and oxygen atoms in total. The van der Waals surface area contributed by atoms with E-state index in [1.165, 1.54) is 30.3 Å². The summed E-state index contributed by atoms with van der Waals surface area (Å²) < 4.78 is 1.50. The van der Waals surface area contributed by atoms with Gasteiger partial charge in [0.25, 0.3) is 0 Å². The van der Waals surface area contributed by atoms with Gasteiger partial charge in [0, 0.05) is 19.1 Å². The predicted octanol–water partition coefficient (Wildman–Crippen LogP) is 0.488. The van der Waals surface area contributed by atoms with Crippen LogP contribution in [0.4, 0.5) is 5.82 Å². The zero-order valence-corrected chi connectivity index (χ0v) is 11.4. The van der Waals surface area contributed by atoms with Crippen LogP contribution in [0.25, 0.3) is 5.65 Å². The molecule has 0 spiro atoms. The molecule has 20 heavy (non-hydrogen) atoms. The highest BCUT2D eigenvalue weighted by Gasteiger charge is 2.25. The summed E-state index contributed by atoms with van der Waals surface area (Å²) in [5.41, 5.74) is 0.692. The van der Waals surface area contributed by atoms with Crippen LogP contribution in [0.1, 0.15) is 25.7 Å². The highest BCUT2D eigenvalue weighted by atomic mass is 15.6. The van der Waals surface area contributed by atoms with E-state index in [9.17, 15) is 0 Å². The van der Waals surface area contributed by atoms with Crippen LogP contribution in [-0.2, 0) is 0 Å². The maximum absolute atomic E-state index is 4.49. The number of rotatable bonds is 4. The first-order valence-corrected chi connectivity index (χ1v) is 7.42. The van der Waals surface area contributed by atoms with Gasteiger partial charge in [-0.2, -0.15) is 0 Å². The lowest BCUT2D eigenvalue weighted by molar-refractivity contribution is 0.388. The minimum atomic E-state index is 0.692. The molecule has 0 bridgehead atoms. The second kappa shape index (κ2) is 4.97. The normalized spacial score (nSPS) is 23.4. The molecule has 0 amide bonds. The molecule has 1 saturated heterocycles. The van der Waals surface area contributed by atoms with Crippen LogP contribution in [0.5, 0.6) is 0 Å². The second-order valence-electron chi connectivity index (χ2n) is 5.85. The molecule has 1 atom stereocenters. The lowest BCUT2D eigenvalue weighted by atomic mass is 9.98. The van der Waals surface area contributed by atoms with Crippen molar-refractivity contribution >= 4 is 11.5 Å². The first-order valence-electron chi connectivity index (χ1n) is 7.42. The van der Waals surface area contributed by atoms with E-state index < -0.39 is 0 Å². The molecule has 1 unspecified atom stereocenters. The fourth-order valence-electron chi connectivity index (χ4n) is 2.87. The molecule has 1 N–H and O–H groups in total. The topological polar surface area (TPSA) is 71.2 Å². The third kappa shape index (κ3) is 2.45. The Bertz CT molecular complexity index is 591. The monoisotopic (exact) mass is 273 g/mol. The fraction of sp³-hybridized carbons (Fsp3) is 0.692. The number of hydrogen-bond donors (Lipinski definition) is 1. The Kier molecular flexibility index (Phi) is 2.99. The molecule has 3 heterocycles. The minimum absolute atomic E-state index is 0.692. The van der Waals surface area contributed by atoms with Crippen molar-refractivity contribution in [2.75, 3.05) is 24.5 Å². The van der Waals surface area contributed by atoms with Crippen LogP contribution in [0, 0.1) is 5.92 Å². The van der Waals surface area contributed by atoms with Gasteiger partial charge in [0.1, 0.15) is 0 Å². The smallest absolute Gasteiger partial charge is 0.200 e. The Morgan fingerprint density at radius 3 is 3.10 bits per heavy atom. The van der Waals surface area contributed by atoms with Gasteiger partial charge in [-0.15, -0.1) is 14.8 Å². The molecule has 1 saturated carbocycles. The average Bonchev–Trinajstić information content (AvgIpc) is 3.20. The molecule has 106 valence electrons. The van der Waals surface area contributed by atoms with Crippen molar-refractivity contribution in [3.05, 3.63) is 12.1 Å². The molecule has 0 radical (unpaired) electrons. The van der Waals surface area contributed by atoms with E-state index in [-0.39, 0.29) is 0 Å². The van der Waals surface area contributed by atoms with Crippen molar-refractivity contribution in [3.63, 3.8) is 0 Å². The molecule has 0 aromatic carbocycles. The number of piperidine rings is 1. The standard InChI is InChI=1S/C13H19N7/c1-2-10(8-14-11-3-4-11)9-19(7-1)13-6-5-12-15-17-18-20(12)16-13/h5-6,10-11,14H,1-4,7-9H2. The molecule has 2 aromatic rings. The number of nitrogens with zero attached hydrogens (tertiary/aromatic N) is 6. The van der Waals surface area contributed by atoms with E-state index >= 15 is 0 Å². The van der Waals surface area contributed by atoms with Crippen molar-refractivity contribution in [1.82, 2.24) is 30.6 Å². The highest BCUT2D eigenvalue weighted by Crippen LogP contribution is 2.23. The fourth-order valence-corrected chi connectivity index (χ4v) is 2.87. The Morgan fingerprint density at radius 2 is 2.20 bits per heavy atom. The summed E-state index contributed by atoms with van der Waals surface area (Å²) in [5.74, 6) is 1.69. The molecule has 1 aliphatic heterocycles. The van der Waals surface area contributed by atoms with Gasteiger partial charge in [-0.1, -0.05) is 0 Å². The Hall–Kier alpha value is -1.76. The van der Waals surface area contributed by atoms with Crippen molar-refractivity contribution in [3.8, 4) is 0 Å². The molecule has 1 aliphatic carbocycles. The van der Waals surface area contributed by atoms with Gasteiger partial charge in [-0.3, -0.25) is 0 Å². The van der Waals surface area contributed by atoms with Gasteiger partial charge in [0.05, 0.1) is 0 Å². The Labute approximate surface area is 117 Å². The first kappa shape index (κ1) is 12.0. The third-order valence-corrected chi connectivity index (χ3v) is 4.17. The van der Waals surface area contributed by atoms with Crippen LogP contribution in [0.3, 0.4) is 0 Å². The average molecular weight is 273 g/mol. The summed E-state index contributed by atoms with van der Waals surface area (Å²) >= 11 is 0. The van der Waals surface area contributed by atoms with Crippen molar-refractivity contribution in [1.29, 1.82) is 0 Å². The van der Waals surface area contributed by atoms with Crippen LogP contribution in [0.15, 0.2) is 12.1 Å². The minimum Gasteiger partial charge on any atom is -0.355 e. The Balaban J connectivity index is 1.45. The zero-order chi connectivity index (χ0) is 13.4. The van der Waals surface area contributed by atoms with E-state index in [2.05, 4.69) is 30.8 Å². The van der Waals surface area contributed by atoms with E-state index in [0.29, 0.717) is 5.65 Å². The quantitative estimate of drug-likeness (QED) is 0.874. The maximum Gasteiger partial charge on any atom is 0.200 e. The van der Waals surface area contributed by atoms with Gasteiger partial charge in [0.15, 0.2) is 11.5 Å². The summed E-state index contributed by atoms with van der Waals surface area (Å²) in [6, 6.07) is 4.73. The van der Waals surface area contributed by atoms with Gasteiger partial charge in [-0.05, 0) is 60.7 Å². The SMILES string of the molecule is c1cc2nnnn2nc1N1CCCC(CNC2CC2)C1. The molecular formula is C13H19N7. The van der Waals surface area contributed by atoms with E-state index in [0.717, 1.165) is 37.4 Å². The number of hydrogen-bond acceptors (Lipinski definition) is 6. The van der Waals surface area contributed by atoms with Crippen molar-refractivity contribution in [2.45, 2.75) is 31.7 Å². The van der Waals surface area contributed by atoms with Gasteiger partial charge >= 0.3 is 0 Å². The lowest BCUT2D eigenvalue weighted by Gasteiger charge is -2.33. The third-order valence-electron chi connectivity index (χ3n) is 4.17. The van der Waals surface area contributed by atoms with E-state index in [1.54, 1.807) is 0 Å². The summed E-state index contributed by atoms with van der Waals surface area (Å²) in [5, 5.41) is 19.5. The molecule has 4 rings (SSSR count). The van der Waals surface area contributed by atoms with Gasteiger partial charge < -0.3 is 10.2 Å². The predicted molar refractivity (Wildman–Crippen MR) is 74.5 cm³/mol. The number of fused-ring (bicyclic) bond motifs is 1. The molecule has 2 aromatic heterocycles. The summed E-state index contributed by atoms with van der Waals surface area (Å²) in [7, 11) is 0. The van der Waals surface area contributed by atoms with Gasteiger partial charge in [0.2, 0.25) is 0 Å². The van der Waals surface area contributed by atoms with Crippen molar-refractivity contribution in [2.24, 2.45) is 5.92 Å². The molecule has 2 aliphatic rings. The van der Waals surface area contributed by atoms with E-state index in [4.69, 9.17) is 0 Å². The zero-order valence-electron chi connectivity index (χ0n) is 11.4. The van der Waals surface area contributed by atoms with Gasteiger partial charge in [-0.25, -0.2) is 0 Å². The summed E-state index contributed by atoms with van der Waals surface area (Å²) in [4.78, 5) is 2.35. The molecule has 2 fully saturated rings. The second-order valence-corrected chi connectivity index (χ2v) is 5.85. The molecular weight excluding hydrogens is 254 g/mol. The van der Waals surface area contributed by atoms with E-state index in [1.807, 2.05) is 12.1 Å². The Morgan fingerprint density at radius 1 is 1.25 bits per heavy atom. The molecule has 7 heteroatoms. The summed E-state index contributed by atoms with van der Waals surface area (Å²) in [6.45, 7) is 3.27. The van der Waals surface area contributed by atoms with Crippen molar-refractivity contribution < 1.29 is 0 Å². The number of anilines is 1. The maximum atomic E-state index is 4.49. The largest absolute Gasteiger partial charge is 0.355 e. The number of nitrogens with one attached hydrogen (secondary N) is 1. The number of tetrazole rings is 1. The number of aromatic nitrogens is 5. The lowest BCUT2D eigenvalue weighted by Crippen LogP contribution is -2.40. The highest BCUT2D eigenvalue weighted by molar-refractivity contribution is 5.44. The van der Waals surface area contributed by atoms with Crippen LogP contribution >= 0.6 is 0 Å². The van der Waals surface area contributed by atoms with Crippen LogP contribution < -0.4 is 10.2 Å². The first-order chi connectivity index (χ1) is 9.88.